The molecule has 0 spiro atoms. The minimum Gasteiger partial charge on any atom is -0.393 e. The van der Waals surface area contributed by atoms with Crippen LogP contribution < -0.4 is 0 Å². The molecule has 0 aromatic carbocycles. The van der Waals surface area contributed by atoms with Gasteiger partial charge in [-0.15, -0.1) is 0 Å². The van der Waals surface area contributed by atoms with Crippen molar-refractivity contribution in [1.82, 2.24) is 0 Å². The number of phosphoric acid groups is 2. The van der Waals surface area contributed by atoms with Gasteiger partial charge in [0.15, 0.2) is 0 Å². The molecule has 1 rings (SSSR count). The van der Waals surface area contributed by atoms with Gasteiger partial charge in [-0.05, 0) is 6.92 Å². The normalized spacial score (nSPS) is 50.7. The molecule has 1 heterocycles. The summed E-state index contributed by atoms with van der Waals surface area (Å²) in [6.45, 7) is -0.368. The number of phosphoric ester groups is 2. The van der Waals surface area contributed by atoms with E-state index in [1.165, 1.54) is 0 Å². The van der Waals surface area contributed by atoms with Crippen LogP contribution in [-0.2, 0) is 22.5 Å². The fraction of sp³-hybridized carbons (Fsp3) is 1.00. The smallest absolute Gasteiger partial charge is 0.393 e. The van der Waals surface area contributed by atoms with Crippen molar-refractivity contribution in [2.75, 3.05) is 13.2 Å². The molecule has 1 fully saturated rings. The first-order valence-corrected chi connectivity index (χ1v) is 7.10. The Labute approximate surface area is 90.8 Å². The molecule has 2 unspecified atom stereocenters. The quantitative estimate of drug-likeness (QED) is 0.365. The third-order valence-corrected chi connectivity index (χ3v) is 4.72. The summed E-state index contributed by atoms with van der Waals surface area (Å²) in [6, 6.07) is 0. The number of aliphatic hydroxyl groups excluding tert-OH is 2. The van der Waals surface area contributed by atoms with Crippen LogP contribution in [0.25, 0.3) is 0 Å². The first kappa shape index (κ1) is 14.2. The molecule has 0 saturated carbocycles. The molecule has 16 heavy (non-hydrogen) atoms. The Balaban J connectivity index is 3.01. The predicted molar refractivity (Wildman–Crippen MR) is 49.3 cm³/mol. The summed E-state index contributed by atoms with van der Waals surface area (Å²) in [5, 5.41) is 18.4. The van der Waals surface area contributed by atoms with Gasteiger partial charge in [0, 0.05) is 0 Å². The molecular weight excluding hydrogens is 271 g/mol. The number of rotatable bonds is 1. The van der Waals surface area contributed by atoms with E-state index in [-0.39, 0.29) is 0 Å². The maximum atomic E-state index is 11.2. The van der Waals surface area contributed by atoms with E-state index < -0.39 is 40.6 Å². The summed E-state index contributed by atoms with van der Waals surface area (Å²) in [5.74, 6) is 0. The van der Waals surface area contributed by atoms with Crippen molar-refractivity contribution in [2.45, 2.75) is 18.6 Å². The second-order valence-corrected chi connectivity index (χ2v) is 6.36. The highest BCUT2D eigenvalue weighted by Gasteiger charge is 2.48. The molecule has 0 aromatic heterocycles. The number of aliphatic hydroxyl groups is 2. The van der Waals surface area contributed by atoms with Crippen LogP contribution in [0.3, 0.4) is 0 Å². The van der Waals surface area contributed by atoms with E-state index in [9.17, 15) is 14.2 Å². The van der Waals surface area contributed by atoms with Gasteiger partial charge < -0.3 is 20.0 Å². The monoisotopic (exact) mass is 283 g/mol. The second-order valence-electron chi connectivity index (χ2n) is 3.39. The van der Waals surface area contributed by atoms with E-state index in [0.29, 0.717) is 0 Å². The van der Waals surface area contributed by atoms with Crippen LogP contribution in [0.15, 0.2) is 0 Å². The van der Waals surface area contributed by atoms with Crippen molar-refractivity contribution in [3.05, 3.63) is 0 Å². The fourth-order valence-electron chi connectivity index (χ4n) is 0.970. The van der Waals surface area contributed by atoms with Crippen LogP contribution in [0.5, 0.6) is 0 Å². The van der Waals surface area contributed by atoms with Gasteiger partial charge in [0.25, 0.3) is 0 Å². The van der Waals surface area contributed by atoms with Crippen molar-refractivity contribution in [3.63, 3.8) is 0 Å². The van der Waals surface area contributed by atoms with Crippen molar-refractivity contribution in [2.24, 2.45) is 0 Å². The lowest BCUT2D eigenvalue weighted by molar-refractivity contribution is -0.109. The summed E-state index contributed by atoms with van der Waals surface area (Å²) < 4.78 is 34.7. The lowest BCUT2D eigenvalue weighted by Crippen LogP contribution is -2.47. The summed E-state index contributed by atoms with van der Waals surface area (Å²) >= 11 is 0. The van der Waals surface area contributed by atoms with Gasteiger partial charge >= 0.3 is 15.6 Å². The average Bonchev–Trinajstić information content (AvgIpc) is 2.10. The molecular formula is C5H12O9P2. The van der Waals surface area contributed by atoms with E-state index >= 15 is 0 Å². The highest BCUT2D eigenvalue weighted by molar-refractivity contribution is 7.61. The van der Waals surface area contributed by atoms with Gasteiger partial charge in [-0.3, -0.25) is 9.05 Å². The average molecular weight is 283 g/mol. The van der Waals surface area contributed by atoms with Crippen LogP contribution in [-0.4, -0.2) is 44.9 Å². The summed E-state index contributed by atoms with van der Waals surface area (Å²) in [6.07, 6.45) is -1.57. The Morgan fingerprint density at radius 3 is 2.44 bits per heavy atom. The number of hydrogen-bond donors (Lipinski definition) is 4. The van der Waals surface area contributed by atoms with E-state index in [1.54, 1.807) is 0 Å². The van der Waals surface area contributed by atoms with Crippen molar-refractivity contribution in [3.8, 4) is 0 Å². The van der Waals surface area contributed by atoms with Crippen LogP contribution in [0.1, 0.15) is 6.92 Å². The summed E-state index contributed by atoms with van der Waals surface area (Å²) in [7, 11) is -9.68. The Kier molecular flexibility index (Phi) is 3.96. The zero-order valence-corrected chi connectivity index (χ0v) is 10.0. The Bertz CT molecular complexity index is 356. The highest BCUT2D eigenvalue weighted by Crippen LogP contribution is 2.63. The lowest BCUT2D eigenvalue weighted by atomic mass is 11.0. The number of hydrogen-bond acceptors (Lipinski definition) is 7. The van der Waals surface area contributed by atoms with E-state index in [4.69, 9.17) is 14.9 Å². The summed E-state index contributed by atoms with van der Waals surface area (Å²) in [4.78, 5) is 18.0. The molecule has 1 aliphatic rings. The minimum atomic E-state index is -4.91. The van der Waals surface area contributed by atoms with Crippen molar-refractivity contribution < 1.29 is 42.5 Å². The maximum absolute atomic E-state index is 11.2. The zero-order chi connectivity index (χ0) is 12.6. The van der Waals surface area contributed by atoms with E-state index in [2.05, 4.69) is 13.4 Å². The van der Waals surface area contributed by atoms with Gasteiger partial charge in [-0.1, -0.05) is 0 Å². The zero-order valence-electron chi connectivity index (χ0n) is 8.22. The third kappa shape index (κ3) is 3.33. The Morgan fingerprint density at radius 1 is 1.38 bits per heavy atom. The Hall–Kier alpha value is 0.180. The van der Waals surface area contributed by atoms with Crippen LogP contribution in [0.4, 0.5) is 0 Å². The Morgan fingerprint density at radius 2 is 1.94 bits per heavy atom. The van der Waals surface area contributed by atoms with E-state index in [1.807, 2.05) is 0 Å². The molecule has 0 radical (unpaired) electrons. The van der Waals surface area contributed by atoms with Crippen molar-refractivity contribution >= 4 is 15.6 Å². The first-order chi connectivity index (χ1) is 7.10. The predicted octanol–water partition coefficient (Wildman–Crippen LogP) is -0.638. The molecule has 9 nitrogen and oxygen atoms in total. The lowest BCUT2D eigenvalue weighted by Gasteiger charge is -2.35. The van der Waals surface area contributed by atoms with Crippen LogP contribution in [0, 0.1) is 0 Å². The maximum Gasteiger partial charge on any atom is 0.481 e. The molecule has 0 amide bonds. The molecule has 1 saturated heterocycles. The van der Waals surface area contributed by atoms with E-state index in [0.717, 1.165) is 6.92 Å². The molecule has 96 valence electrons. The highest BCUT2D eigenvalue weighted by atomic mass is 31.3. The molecule has 11 heteroatoms. The standard InChI is InChI=1S/C5H12O9P2/c1-5(3-6)4(7)2-12-15(8,9)14-16(10,11)13-5/h4,6-7H,2-3H2,1H3,(H,8,9)(H,10,11)/t4-,5+/m1/s1/i1+1,2+1,3+1,4+1,5+1. The minimum absolute atomic E-state index is 0.690. The molecule has 4 atom stereocenters. The SMILES string of the molecule is [13CH3][13C@@]1([13CH2]O)OP(=O)(O)OP(=O)(O)O[13CH2][13C@H]1O. The topological polar surface area (TPSA) is 143 Å². The van der Waals surface area contributed by atoms with Gasteiger partial charge in [-0.25, -0.2) is 9.13 Å². The molecule has 0 aromatic rings. The fourth-order valence-corrected chi connectivity index (χ4v) is 3.37. The molecule has 0 bridgehead atoms. The van der Waals surface area contributed by atoms with Gasteiger partial charge in [0.1, 0.15) is 11.7 Å². The second kappa shape index (κ2) is 4.45. The first-order valence-electron chi connectivity index (χ1n) is 4.11. The van der Waals surface area contributed by atoms with Gasteiger partial charge in [0.2, 0.25) is 0 Å². The largest absolute Gasteiger partial charge is 0.481 e. The van der Waals surface area contributed by atoms with Crippen molar-refractivity contribution in [1.29, 1.82) is 0 Å². The molecule has 1 aliphatic heterocycles. The third-order valence-electron chi connectivity index (χ3n) is 1.94. The molecule has 0 aliphatic carbocycles. The van der Waals surface area contributed by atoms with Crippen LogP contribution >= 0.6 is 15.6 Å². The van der Waals surface area contributed by atoms with Gasteiger partial charge in [0.05, 0.1) is 13.2 Å². The van der Waals surface area contributed by atoms with Crippen LogP contribution in [0.2, 0.25) is 0 Å². The summed E-state index contributed by atoms with van der Waals surface area (Å²) in [5.41, 5.74) is -1.83. The molecule has 4 N–H and O–H groups in total. The van der Waals surface area contributed by atoms with Gasteiger partial charge in [-0.2, -0.15) is 4.31 Å².